The van der Waals surface area contributed by atoms with Gasteiger partial charge >= 0.3 is 0 Å². The van der Waals surface area contributed by atoms with Gasteiger partial charge in [0, 0.05) is 6.04 Å². The lowest BCUT2D eigenvalue weighted by Gasteiger charge is -2.13. The van der Waals surface area contributed by atoms with Crippen LogP contribution in [0.5, 0.6) is 0 Å². The summed E-state index contributed by atoms with van der Waals surface area (Å²) in [7, 11) is 1.86. The second-order valence-corrected chi connectivity index (χ2v) is 4.82. The minimum absolute atomic E-state index is 0.123. The number of aromatic nitrogens is 2. The quantitative estimate of drug-likeness (QED) is 0.789. The molecule has 3 rings (SSSR count). The normalized spacial score (nSPS) is 12.8. The molecule has 0 radical (unpaired) electrons. The topological polar surface area (TPSA) is 29.9 Å². The Morgan fingerprint density at radius 1 is 1.20 bits per heavy atom. The summed E-state index contributed by atoms with van der Waals surface area (Å²) in [5, 5.41) is 3.11. The van der Waals surface area contributed by atoms with E-state index < -0.39 is 0 Å². The van der Waals surface area contributed by atoms with E-state index in [1.807, 2.05) is 44.3 Å². The first-order chi connectivity index (χ1) is 9.70. The summed E-state index contributed by atoms with van der Waals surface area (Å²) in [5.41, 5.74) is 3.21. The van der Waals surface area contributed by atoms with E-state index in [1.165, 1.54) is 0 Å². The van der Waals surface area contributed by atoms with Crippen LogP contribution < -0.4 is 5.32 Å². The minimum atomic E-state index is -0.243. The van der Waals surface area contributed by atoms with Crippen LogP contribution in [0.3, 0.4) is 0 Å². The van der Waals surface area contributed by atoms with Crippen molar-refractivity contribution in [1.82, 2.24) is 14.9 Å². The Labute approximate surface area is 117 Å². The van der Waals surface area contributed by atoms with Crippen LogP contribution >= 0.6 is 0 Å². The first kappa shape index (κ1) is 12.8. The molecule has 0 saturated heterocycles. The van der Waals surface area contributed by atoms with Gasteiger partial charge in [-0.2, -0.15) is 0 Å². The van der Waals surface area contributed by atoms with Crippen LogP contribution in [-0.2, 0) is 0 Å². The van der Waals surface area contributed by atoms with E-state index in [9.17, 15) is 4.39 Å². The molecule has 1 aromatic heterocycles. The zero-order chi connectivity index (χ0) is 14.1. The lowest BCUT2D eigenvalue weighted by Crippen LogP contribution is -2.12. The van der Waals surface area contributed by atoms with Crippen LogP contribution in [0, 0.1) is 5.82 Å². The smallest absolute Gasteiger partial charge is 0.147 e. The average Bonchev–Trinajstić information content (AvgIpc) is 2.90. The van der Waals surface area contributed by atoms with Gasteiger partial charge < -0.3 is 5.32 Å². The fourth-order valence-corrected chi connectivity index (χ4v) is 2.31. The number of rotatable bonds is 3. The summed E-state index contributed by atoms with van der Waals surface area (Å²) in [6.45, 7) is 2.00. The predicted octanol–water partition coefficient (Wildman–Crippen LogP) is 3.45. The van der Waals surface area contributed by atoms with E-state index in [2.05, 4.69) is 10.3 Å². The van der Waals surface area contributed by atoms with Crippen molar-refractivity contribution in [2.24, 2.45) is 0 Å². The molecule has 1 atom stereocenters. The van der Waals surface area contributed by atoms with Crippen LogP contribution in [0.25, 0.3) is 16.7 Å². The standard InChI is InChI=1S/C16H16FN3/c1-11(18-2)12-7-8-15(13(17)9-12)20-10-19-14-5-3-4-6-16(14)20/h3-11,18H,1-2H3. The molecule has 0 fully saturated rings. The third-order valence-electron chi connectivity index (χ3n) is 3.62. The molecule has 3 aromatic rings. The zero-order valence-electron chi connectivity index (χ0n) is 11.5. The number of halogens is 1. The minimum Gasteiger partial charge on any atom is -0.313 e. The summed E-state index contributed by atoms with van der Waals surface area (Å²) in [5.74, 6) is -0.243. The number of hydrogen-bond donors (Lipinski definition) is 1. The average molecular weight is 269 g/mol. The molecular weight excluding hydrogens is 253 g/mol. The molecule has 0 bridgehead atoms. The van der Waals surface area contributed by atoms with Crippen molar-refractivity contribution >= 4 is 11.0 Å². The SMILES string of the molecule is CNC(C)c1ccc(-n2cnc3ccccc32)c(F)c1. The molecule has 0 amide bonds. The fourth-order valence-electron chi connectivity index (χ4n) is 2.31. The van der Waals surface area contributed by atoms with Gasteiger partial charge in [0.1, 0.15) is 12.1 Å². The van der Waals surface area contributed by atoms with Gasteiger partial charge in [-0.3, -0.25) is 4.57 Å². The number of para-hydroxylation sites is 2. The summed E-state index contributed by atoms with van der Waals surface area (Å²) in [6, 6.07) is 13.1. The van der Waals surface area contributed by atoms with Crippen molar-refractivity contribution in [2.75, 3.05) is 7.05 Å². The number of imidazole rings is 1. The summed E-state index contributed by atoms with van der Waals surface area (Å²) in [6.07, 6.45) is 1.66. The molecule has 4 heteroatoms. The Hall–Kier alpha value is -2.20. The molecule has 0 spiro atoms. The zero-order valence-corrected chi connectivity index (χ0v) is 11.5. The molecule has 3 nitrogen and oxygen atoms in total. The Balaban J connectivity index is 2.11. The second-order valence-electron chi connectivity index (χ2n) is 4.82. The van der Waals surface area contributed by atoms with E-state index in [1.54, 1.807) is 23.0 Å². The lowest BCUT2D eigenvalue weighted by molar-refractivity contribution is 0.602. The molecule has 1 heterocycles. The molecule has 20 heavy (non-hydrogen) atoms. The van der Waals surface area contributed by atoms with Gasteiger partial charge in [-0.15, -0.1) is 0 Å². The van der Waals surface area contributed by atoms with Crippen molar-refractivity contribution in [3.8, 4) is 5.69 Å². The summed E-state index contributed by atoms with van der Waals surface area (Å²) < 4.78 is 16.1. The third-order valence-corrected chi connectivity index (χ3v) is 3.62. The van der Waals surface area contributed by atoms with Crippen molar-refractivity contribution in [2.45, 2.75) is 13.0 Å². The van der Waals surface area contributed by atoms with Crippen molar-refractivity contribution in [1.29, 1.82) is 0 Å². The van der Waals surface area contributed by atoms with E-state index >= 15 is 0 Å². The fraction of sp³-hybridized carbons (Fsp3) is 0.188. The maximum atomic E-state index is 14.4. The monoisotopic (exact) mass is 269 g/mol. The highest BCUT2D eigenvalue weighted by atomic mass is 19.1. The maximum Gasteiger partial charge on any atom is 0.147 e. The van der Waals surface area contributed by atoms with Gasteiger partial charge in [0.25, 0.3) is 0 Å². The van der Waals surface area contributed by atoms with Crippen molar-refractivity contribution < 1.29 is 4.39 Å². The van der Waals surface area contributed by atoms with Gasteiger partial charge in [-0.1, -0.05) is 18.2 Å². The third kappa shape index (κ3) is 2.08. The van der Waals surface area contributed by atoms with Crippen LogP contribution in [0.1, 0.15) is 18.5 Å². The molecule has 1 unspecified atom stereocenters. The number of benzene rings is 2. The Kier molecular flexibility index (Phi) is 3.24. The Morgan fingerprint density at radius 2 is 2.00 bits per heavy atom. The number of nitrogens with zero attached hydrogens (tertiary/aromatic N) is 2. The highest BCUT2D eigenvalue weighted by Gasteiger charge is 2.11. The predicted molar refractivity (Wildman–Crippen MR) is 78.5 cm³/mol. The lowest BCUT2D eigenvalue weighted by atomic mass is 10.1. The van der Waals surface area contributed by atoms with E-state index in [4.69, 9.17) is 0 Å². The Bertz CT molecular complexity index is 748. The van der Waals surface area contributed by atoms with Crippen LogP contribution in [0.4, 0.5) is 4.39 Å². The summed E-state index contributed by atoms with van der Waals surface area (Å²) >= 11 is 0. The first-order valence-corrected chi connectivity index (χ1v) is 6.60. The van der Waals surface area contributed by atoms with Crippen LogP contribution in [0.2, 0.25) is 0 Å². The molecule has 0 aliphatic rings. The number of fused-ring (bicyclic) bond motifs is 1. The molecule has 102 valence electrons. The van der Waals surface area contributed by atoms with E-state index in [-0.39, 0.29) is 11.9 Å². The van der Waals surface area contributed by atoms with Gasteiger partial charge in [-0.05, 0) is 43.8 Å². The molecule has 0 saturated carbocycles. The van der Waals surface area contributed by atoms with Crippen molar-refractivity contribution in [3.05, 3.63) is 60.2 Å². The van der Waals surface area contributed by atoms with Gasteiger partial charge in [0.2, 0.25) is 0 Å². The second kappa shape index (κ2) is 5.06. The van der Waals surface area contributed by atoms with E-state index in [0.29, 0.717) is 5.69 Å². The molecule has 0 aliphatic carbocycles. The number of hydrogen-bond acceptors (Lipinski definition) is 2. The molecule has 2 aromatic carbocycles. The molecule has 0 aliphatic heterocycles. The highest BCUT2D eigenvalue weighted by molar-refractivity contribution is 5.77. The largest absolute Gasteiger partial charge is 0.313 e. The first-order valence-electron chi connectivity index (χ1n) is 6.60. The Morgan fingerprint density at radius 3 is 2.75 bits per heavy atom. The van der Waals surface area contributed by atoms with Crippen LogP contribution in [-0.4, -0.2) is 16.6 Å². The van der Waals surface area contributed by atoms with E-state index in [0.717, 1.165) is 16.6 Å². The van der Waals surface area contributed by atoms with Gasteiger partial charge in [0.15, 0.2) is 0 Å². The van der Waals surface area contributed by atoms with Crippen LogP contribution in [0.15, 0.2) is 48.8 Å². The summed E-state index contributed by atoms with van der Waals surface area (Å²) in [4.78, 5) is 4.29. The highest BCUT2D eigenvalue weighted by Crippen LogP contribution is 2.23. The molecular formula is C16H16FN3. The van der Waals surface area contributed by atoms with Gasteiger partial charge in [-0.25, -0.2) is 9.37 Å². The van der Waals surface area contributed by atoms with Gasteiger partial charge in [0.05, 0.1) is 16.7 Å². The molecule has 1 N–H and O–H groups in total. The maximum absolute atomic E-state index is 14.4. The van der Waals surface area contributed by atoms with Crippen molar-refractivity contribution in [3.63, 3.8) is 0 Å². The number of nitrogens with one attached hydrogen (secondary N) is 1.